The number of aliphatic carboxylic acids is 1. The van der Waals surface area contributed by atoms with E-state index in [1.165, 1.54) is 0 Å². The average Bonchev–Trinajstić information content (AvgIpc) is 3.12. The normalized spacial score (nSPS) is 31.6. The van der Waals surface area contributed by atoms with E-state index in [2.05, 4.69) is 4.90 Å². The third kappa shape index (κ3) is 3.02. The van der Waals surface area contributed by atoms with Crippen LogP contribution in [0.1, 0.15) is 42.9 Å². The van der Waals surface area contributed by atoms with E-state index in [-0.39, 0.29) is 24.8 Å². The van der Waals surface area contributed by atoms with Crippen LogP contribution in [0.5, 0.6) is 5.75 Å². The predicted molar refractivity (Wildman–Crippen MR) is 115 cm³/mol. The summed E-state index contributed by atoms with van der Waals surface area (Å²) in [7, 11) is 1.98. The van der Waals surface area contributed by atoms with Crippen molar-refractivity contribution < 1.29 is 43.9 Å². The lowest BCUT2D eigenvalue weighted by atomic mass is 9.50. The predicted octanol–water partition coefficient (Wildman–Crippen LogP) is 0.406. The van der Waals surface area contributed by atoms with Gasteiger partial charge in [-0.15, -0.1) is 0 Å². The lowest BCUT2D eigenvalue weighted by Gasteiger charge is -2.61. The van der Waals surface area contributed by atoms with Gasteiger partial charge < -0.3 is 34.4 Å². The molecule has 0 aromatic heterocycles. The molecule has 4 aliphatic rings. The van der Waals surface area contributed by atoms with Gasteiger partial charge in [0.15, 0.2) is 6.10 Å². The fourth-order valence-electron chi connectivity index (χ4n) is 6.35. The van der Waals surface area contributed by atoms with E-state index in [1.807, 2.05) is 13.1 Å². The number of hydrogen-bond donors (Lipinski definition) is 3. The highest BCUT2D eigenvalue weighted by molar-refractivity contribution is 5.84. The Morgan fingerprint density at radius 1 is 1.32 bits per heavy atom. The van der Waals surface area contributed by atoms with E-state index in [1.54, 1.807) is 12.1 Å². The van der Waals surface area contributed by atoms with Crippen LogP contribution in [0.4, 0.5) is 0 Å². The zero-order valence-electron chi connectivity index (χ0n) is 18.9. The molecule has 1 spiro atoms. The fraction of sp³-hybridized carbons (Fsp3) is 0.542. The van der Waals surface area contributed by atoms with Gasteiger partial charge in [-0.2, -0.15) is 0 Å². The molecule has 1 saturated heterocycles. The number of benzene rings is 1. The Kier molecular flexibility index (Phi) is 5.23. The van der Waals surface area contributed by atoms with E-state index in [0.717, 1.165) is 18.1 Å². The maximum absolute atomic E-state index is 12.9. The van der Waals surface area contributed by atoms with Gasteiger partial charge in [0.1, 0.15) is 11.5 Å². The van der Waals surface area contributed by atoms with Gasteiger partial charge in [-0.1, -0.05) is 12.1 Å². The van der Waals surface area contributed by atoms with E-state index in [0.29, 0.717) is 30.7 Å². The number of carbonyl (C=O) groups excluding carboxylic acids is 2. The second-order valence-corrected chi connectivity index (χ2v) is 9.52. The highest BCUT2D eigenvalue weighted by atomic mass is 16.6. The molecular weight excluding hydrogens is 446 g/mol. The van der Waals surface area contributed by atoms with Gasteiger partial charge in [-0.25, -0.2) is 4.79 Å². The van der Waals surface area contributed by atoms with Crippen molar-refractivity contribution >= 4 is 17.9 Å². The number of aliphatic hydroxyl groups is 2. The summed E-state index contributed by atoms with van der Waals surface area (Å²) >= 11 is 0. The number of ether oxygens (including phenoxy) is 3. The Morgan fingerprint density at radius 3 is 2.76 bits per heavy atom. The monoisotopic (exact) mass is 473 g/mol. The molecule has 0 radical (unpaired) electrons. The molecule has 2 heterocycles. The lowest BCUT2D eigenvalue weighted by molar-refractivity contribution is -0.177. The summed E-state index contributed by atoms with van der Waals surface area (Å²) in [6.45, 7) is 1.51. The number of carbonyl (C=O) groups is 3. The van der Waals surface area contributed by atoms with Crippen LogP contribution in [-0.4, -0.2) is 75.6 Å². The van der Waals surface area contributed by atoms with E-state index >= 15 is 0 Å². The largest absolute Gasteiger partial charge is 0.481 e. The Hall–Kier alpha value is -2.95. The molecule has 34 heavy (non-hydrogen) atoms. The van der Waals surface area contributed by atoms with Gasteiger partial charge in [0.2, 0.25) is 6.10 Å². The van der Waals surface area contributed by atoms with Gasteiger partial charge in [0, 0.05) is 30.5 Å². The van der Waals surface area contributed by atoms with Crippen LogP contribution < -0.4 is 4.74 Å². The molecule has 2 unspecified atom stereocenters. The highest BCUT2D eigenvalue weighted by Gasteiger charge is 2.71. The van der Waals surface area contributed by atoms with Gasteiger partial charge >= 0.3 is 17.9 Å². The second-order valence-electron chi connectivity index (χ2n) is 9.52. The molecule has 5 rings (SSSR count). The maximum Gasteiger partial charge on any atom is 0.353 e. The standard InChI is InChI=1S/C24H27NO9/c1-12(27)32-16(10-18(28)29)22(30)33-15-5-6-24(31)17-9-13-3-4-14(11-26)20-19(13)23(24,21(15)34-20)7-8-25(17)2/h3-5,16-17,21,26,31H,6-11H2,1-2H3,(H,28,29)/t16-,17+,21?,23?,24+/m0/s1. The van der Waals surface area contributed by atoms with Crippen LogP contribution in [-0.2, 0) is 42.3 Å². The van der Waals surface area contributed by atoms with Gasteiger partial charge in [-0.05, 0) is 38.1 Å². The minimum absolute atomic E-state index is 0.147. The van der Waals surface area contributed by atoms with Crippen molar-refractivity contribution in [2.45, 2.75) is 68.5 Å². The third-order valence-corrected chi connectivity index (χ3v) is 7.78. The lowest BCUT2D eigenvalue weighted by Crippen LogP contribution is -2.74. The Bertz CT molecular complexity index is 1100. The number of piperidine rings is 1. The first-order chi connectivity index (χ1) is 16.1. The summed E-state index contributed by atoms with van der Waals surface area (Å²) in [5.74, 6) is -2.50. The smallest absolute Gasteiger partial charge is 0.353 e. The summed E-state index contributed by atoms with van der Waals surface area (Å²) in [5, 5.41) is 31.2. The Balaban J connectivity index is 1.57. The molecule has 0 amide bonds. The first kappa shape index (κ1) is 22.8. The van der Waals surface area contributed by atoms with Crippen molar-refractivity contribution in [1.29, 1.82) is 0 Å². The summed E-state index contributed by atoms with van der Waals surface area (Å²) in [6.07, 6.45) is -0.243. The molecule has 2 aliphatic heterocycles. The summed E-state index contributed by atoms with van der Waals surface area (Å²) in [5.41, 5.74) is 0.360. The number of rotatable bonds is 6. The molecule has 1 aromatic carbocycles. The summed E-state index contributed by atoms with van der Waals surface area (Å²) in [6, 6.07) is 3.58. The van der Waals surface area contributed by atoms with Crippen molar-refractivity contribution in [2.75, 3.05) is 13.6 Å². The molecule has 2 aliphatic carbocycles. The first-order valence-electron chi connectivity index (χ1n) is 11.3. The topological polar surface area (TPSA) is 143 Å². The number of likely N-dealkylation sites (N-methyl/N-ethyl adjacent to an activating group) is 1. The zero-order valence-corrected chi connectivity index (χ0v) is 18.9. The first-order valence-corrected chi connectivity index (χ1v) is 11.3. The van der Waals surface area contributed by atoms with Crippen molar-refractivity contribution in [1.82, 2.24) is 4.90 Å². The highest BCUT2D eigenvalue weighted by Crippen LogP contribution is 2.64. The number of esters is 2. The number of carboxylic acid groups (broad SMARTS) is 1. The molecule has 1 aromatic rings. The van der Waals surface area contributed by atoms with Crippen LogP contribution in [0.25, 0.3) is 0 Å². The van der Waals surface area contributed by atoms with Crippen molar-refractivity contribution in [2.24, 2.45) is 0 Å². The second kappa shape index (κ2) is 7.79. The van der Waals surface area contributed by atoms with Crippen molar-refractivity contribution in [3.63, 3.8) is 0 Å². The van der Waals surface area contributed by atoms with E-state index < -0.39 is 47.6 Å². The third-order valence-electron chi connectivity index (χ3n) is 7.78. The summed E-state index contributed by atoms with van der Waals surface area (Å²) < 4.78 is 16.8. The van der Waals surface area contributed by atoms with Crippen LogP contribution in [0.2, 0.25) is 0 Å². The number of nitrogens with zero attached hydrogens (tertiary/aromatic N) is 1. The molecule has 182 valence electrons. The SMILES string of the molecule is CC(=O)O[C@@H](CC(=O)O)C(=O)OC1=CC[C@@]2(O)[C@H]3Cc4ccc(CO)c5c4C2(CCN3C)C1O5. The Labute approximate surface area is 195 Å². The van der Waals surface area contributed by atoms with Gasteiger partial charge in [-0.3, -0.25) is 9.59 Å². The fourth-order valence-corrected chi connectivity index (χ4v) is 6.35. The quantitative estimate of drug-likeness (QED) is 0.497. The number of carboxylic acids is 1. The molecule has 1 fully saturated rings. The van der Waals surface area contributed by atoms with E-state index in [4.69, 9.17) is 19.3 Å². The van der Waals surface area contributed by atoms with Crippen LogP contribution in [0.3, 0.4) is 0 Å². The molecular formula is C24H27NO9. The number of hydrogen-bond acceptors (Lipinski definition) is 9. The van der Waals surface area contributed by atoms with Crippen LogP contribution in [0.15, 0.2) is 24.0 Å². The maximum atomic E-state index is 12.9. The molecule has 10 nitrogen and oxygen atoms in total. The number of aliphatic hydroxyl groups excluding tert-OH is 1. The van der Waals surface area contributed by atoms with Crippen molar-refractivity contribution in [3.8, 4) is 5.75 Å². The molecule has 2 bridgehead atoms. The molecule has 0 saturated carbocycles. The molecule has 5 atom stereocenters. The van der Waals surface area contributed by atoms with E-state index in [9.17, 15) is 24.6 Å². The minimum atomic E-state index is -1.61. The van der Waals surface area contributed by atoms with Crippen molar-refractivity contribution in [3.05, 3.63) is 40.7 Å². The average molecular weight is 473 g/mol. The molecule has 3 N–H and O–H groups in total. The minimum Gasteiger partial charge on any atom is -0.481 e. The Morgan fingerprint density at radius 2 is 2.09 bits per heavy atom. The number of likely N-dealkylation sites (tertiary alicyclic amines) is 1. The zero-order chi connectivity index (χ0) is 24.4. The van der Waals surface area contributed by atoms with Gasteiger partial charge in [0.25, 0.3) is 0 Å². The summed E-state index contributed by atoms with van der Waals surface area (Å²) in [4.78, 5) is 37.6. The molecule has 10 heteroatoms. The van der Waals surface area contributed by atoms with Gasteiger partial charge in [0.05, 0.1) is 24.0 Å². The van der Waals surface area contributed by atoms with Crippen LogP contribution >= 0.6 is 0 Å². The van der Waals surface area contributed by atoms with Crippen LogP contribution in [0, 0.1) is 0 Å².